The molecule has 0 saturated heterocycles. The number of hydrogen-bond acceptors (Lipinski definition) is 4. The van der Waals surface area contributed by atoms with Gasteiger partial charge in [-0.25, -0.2) is 4.98 Å². The van der Waals surface area contributed by atoms with Crippen LogP contribution >= 0.6 is 0 Å². The number of benzene rings is 1. The molecule has 0 bridgehead atoms. The van der Waals surface area contributed by atoms with Crippen molar-refractivity contribution < 1.29 is 9.47 Å². The average Bonchev–Trinajstić information content (AvgIpc) is 2.95. The molecule has 1 aromatic heterocycles. The smallest absolute Gasteiger partial charge is 0.127 e. The van der Waals surface area contributed by atoms with E-state index in [0.29, 0.717) is 0 Å². The number of imidazole rings is 1. The maximum absolute atomic E-state index is 5.40. The summed E-state index contributed by atoms with van der Waals surface area (Å²) in [6.07, 6.45) is 4.90. The van der Waals surface area contributed by atoms with Crippen LogP contribution in [0.25, 0.3) is 0 Å². The molecule has 21 heavy (non-hydrogen) atoms. The van der Waals surface area contributed by atoms with E-state index in [0.717, 1.165) is 43.1 Å². The quantitative estimate of drug-likeness (QED) is 0.811. The Labute approximate surface area is 125 Å². The second-order valence-corrected chi connectivity index (χ2v) is 4.86. The maximum atomic E-state index is 5.40. The molecule has 0 amide bonds. The van der Waals surface area contributed by atoms with Crippen LogP contribution in [0.3, 0.4) is 0 Å². The summed E-state index contributed by atoms with van der Waals surface area (Å²) in [5.41, 5.74) is 2.31. The highest BCUT2D eigenvalue weighted by molar-refractivity contribution is 5.40. The molecule has 0 fully saturated rings. The van der Waals surface area contributed by atoms with E-state index in [1.807, 2.05) is 30.7 Å². The van der Waals surface area contributed by atoms with Crippen molar-refractivity contribution in [2.75, 3.05) is 14.2 Å². The summed E-state index contributed by atoms with van der Waals surface area (Å²) in [7, 11) is 3.33. The van der Waals surface area contributed by atoms with Gasteiger partial charge in [0.05, 0.1) is 26.2 Å². The number of nitrogens with zero attached hydrogens (tertiary/aromatic N) is 2. The van der Waals surface area contributed by atoms with Gasteiger partial charge in [-0.2, -0.15) is 0 Å². The Bertz CT molecular complexity index is 566. The molecule has 5 nitrogen and oxygen atoms in total. The Morgan fingerprint density at radius 3 is 2.76 bits per heavy atom. The van der Waals surface area contributed by atoms with Crippen LogP contribution in [-0.4, -0.2) is 23.8 Å². The first-order valence-electron chi connectivity index (χ1n) is 7.19. The lowest BCUT2D eigenvalue weighted by Gasteiger charge is -2.12. The van der Waals surface area contributed by atoms with E-state index in [1.165, 1.54) is 5.69 Å². The van der Waals surface area contributed by atoms with Crippen molar-refractivity contribution in [1.29, 1.82) is 0 Å². The number of nitrogens with one attached hydrogen (secondary N) is 1. The van der Waals surface area contributed by atoms with Crippen LogP contribution in [0.5, 0.6) is 11.5 Å². The topological polar surface area (TPSA) is 48.3 Å². The Balaban J connectivity index is 1.95. The SMILES string of the molecule is CCCn1cncc1CNCc1ccc(OC)cc1OC. The Kier molecular flexibility index (Phi) is 5.63. The molecule has 0 saturated carbocycles. The van der Waals surface area contributed by atoms with Crippen LogP contribution < -0.4 is 14.8 Å². The third kappa shape index (κ3) is 3.98. The van der Waals surface area contributed by atoms with Gasteiger partial charge in [-0.15, -0.1) is 0 Å². The first kappa shape index (κ1) is 15.4. The molecular weight excluding hydrogens is 266 g/mol. The Morgan fingerprint density at radius 1 is 1.19 bits per heavy atom. The number of aromatic nitrogens is 2. The van der Waals surface area contributed by atoms with Gasteiger partial charge >= 0.3 is 0 Å². The fourth-order valence-corrected chi connectivity index (χ4v) is 2.26. The fourth-order valence-electron chi connectivity index (χ4n) is 2.26. The van der Waals surface area contributed by atoms with E-state index in [-0.39, 0.29) is 0 Å². The zero-order valence-electron chi connectivity index (χ0n) is 12.9. The monoisotopic (exact) mass is 289 g/mol. The molecule has 0 radical (unpaired) electrons. The van der Waals surface area contributed by atoms with E-state index >= 15 is 0 Å². The van der Waals surface area contributed by atoms with Gasteiger partial charge in [0, 0.05) is 37.5 Å². The molecule has 0 aliphatic heterocycles. The van der Waals surface area contributed by atoms with Crippen LogP contribution in [0.15, 0.2) is 30.7 Å². The predicted octanol–water partition coefficient (Wildman–Crippen LogP) is 2.60. The van der Waals surface area contributed by atoms with Gasteiger partial charge in [-0.1, -0.05) is 13.0 Å². The van der Waals surface area contributed by atoms with Gasteiger partial charge in [-0.3, -0.25) is 0 Å². The number of ether oxygens (including phenoxy) is 2. The molecule has 0 aliphatic carbocycles. The third-order valence-electron chi connectivity index (χ3n) is 3.38. The minimum absolute atomic E-state index is 0.741. The van der Waals surface area contributed by atoms with Crippen LogP contribution in [0.4, 0.5) is 0 Å². The lowest BCUT2D eigenvalue weighted by Crippen LogP contribution is -2.16. The van der Waals surface area contributed by atoms with Crippen molar-refractivity contribution in [2.45, 2.75) is 33.0 Å². The molecule has 1 heterocycles. The van der Waals surface area contributed by atoms with Crippen molar-refractivity contribution in [2.24, 2.45) is 0 Å². The predicted molar refractivity (Wildman–Crippen MR) is 82.6 cm³/mol. The van der Waals surface area contributed by atoms with Crippen molar-refractivity contribution in [3.63, 3.8) is 0 Å². The summed E-state index contributed by atoms with van der Waals surface area (Å²) in [5, 5.41) is 3.43. The first-order valence-corrected chi connectivity index (χ1v) is 7.19. The molecule has 2 rings (SSSR count). The van der Waals surface area contributed by atoms with E-state index in [2.05, 4.69) is 21.8 Å². The zero-order valence-corrected chi connectivity index (χ0v) is 12.9. The standard InChI is InChI=1S/C16H23N3O2/c1-4-7-19-12-18-11-14(19)10-17-9-13-5-6-15(20-2)8-16(13)21-3/h5-6,8,11-12,17H,4,7,9-10H2,1-3H3. The van der Waals surface area contributed by atoms with Gasteiger partial charge in [0.15, 0.2) is 0 Å². The van der Waals surface area contributed by atoms with Crippen molar-refractivity contribution in [3.05, 3.63) is 42.0 Å². The number of aryl methyl sites for hydroxylation is 1. The zero-order chi connectivity index (χ0) is 15.1. The molecule has 0 aliphatic rings. The van der Waals surface area contributed by atoms with Crippen LogP contribution in [-0.2, 0) is 19.6 Å². The lowest BCUT2D eigenvalue weighted by molar-refractivity contribution is 0.389. The molecule has 0 unspecified atom stereocenters. The summed E-state index contributed by atoms with van der Waals surface area (Å²) in [5.74, 6) is 1.64. The molecule has 5 heteroatoms. The van der Waals surface area contributed by atoms with E-state index in [4.69, 9.17) is 9.47 Å². The summed E-state index contributed by atoms with van der Waals surface area (Å²) in [6, 6.07) is 5.87. The van der Waals surface area contributed by atoms with E-state index in [1.54, 1.807) is 14.2 Å². The molecule has 0 spiro atoms. The van der Waals surface area contributed by atoms with Crippen LogP contribution in [0.2, 0.25) is 0 Å². The average molecular weight is 289 g/mol. The van der Waals surface area contributed by atoms with Gasteiger partial charge < -0.3 is 19.4 Å². The Hall–Kier alpha value is -2.01. The minimum Gasteiger partial charge on any atom is -0.497 e. The summed E-state index contributed by atoms with van der Waals surface area (Å²) in [6.45, 7) is 4.70. The molecule has 1 N–H and O–H groups in total. The molecule has 0 atom stereocenters. The summed E-state index contributed by atoms with van der Waals surface area (Å²) >= 11 is 0. The summed E-state index contributed by atoms with van der Waals surface area (Å²) < 4.78 is 12.8. The van der Waals surface area contributed by atoms with Crippen molar-refractivity contribution in [1.82, 2.24) is 14.9 Å². The number of methoxy groups -OCH3 is 2. The van der Waals surface area contributed by atoms with E-state index < -0.39 is 0 Å². The normalized spacial score (nSPS) is 10.6. The second kappa shape index (κ2) is 7.69. The Morgan fingerprint density at radius 2 is 2.05 bits per heavy atom. The highest BCUT2D eigenvalue weighted by Crippen LogP contribution is 2.24. The van der Waals surface area contributed by atoms with Crippen molar-refractivity contribution >= 4 is 0 Å². The highest BCUT2D eigenvalue weighted by atomic mass is 16.5. The largest absolute Gasteiger partial charge is 0.497 e. The fraction of sp³-hybridized carbons (Fsp3) is 0.438. The van der Waals surface area contributed by atoms with E-state index in [9.17, 15) is 0 Å². The van der Waals surface area contributed by atoms with Crippen molar-refractivity contribution in [3.8, 4) is 11.5 Å². The lowest BCUT2D eigenvalue weighted by atomic mass is 10.2. The molecule has 1 aromatic carbocycles. The molecule has 2 aromatic rings. The molecule has 114 valence electrons. The first-order chi connectivity index (χ1) is 10.3. The van der Waals surface area contributed by atoms with Gasteiger partial charge in [-0.05, 0) is 12.5 Å². The number of rotatable bonds is 8. The molecular formula is C16H23N3O2. The summed E-state index contributed by atoms with van der Waals surface area (Å²) in [4.78, 5) is 4.20. The highest BCUT2D eigenvalue weighted by Gasteiger charge is 2.06. The van der Waals surface area contributed by atoms with Gasteiger partial charge in [0.2, 0.25) is 0 Å². The van der Waals surface area contributed by atoms with Gasteiger partial charge in [0.25, 0.3) is 0 Å². The van der Waals surface area contributed by atoms with Crippen LogP contribution in [0.1, 0.15) is 24.6 Å². The number of hydrogen-bond donors (Lipinski definition) is 1. The van der Waals surface area contributed by atoms with Crippen LogP contribution in [0, 0.1) is 0 Å². The third-order valence-corrected chi connectivity index (χ3v) is 3.38. The van der Waals surface area contributed by atoms with Gasteiger partial charge in [0.1, 0.15) is 11.5 Å². The maximum Gasteiger partial charge on any atom is 0.127 e. The second-order valence-electron chi connectivity index (χ2n) is 4.86. The minimum atomic E-state index is 0.741.